The van der Waals surface area contributed by atoms with Crippen molar-refractivity contribution < 1.29 is 27.9 Å². The Morgan fingerprint density at radius 2 is 1.83 bits per heavy atom. The number of likely N-dealkylation sites (N-methyl/N-ethyl adjacent to an activating group) is 1. The third-order valence-electron chi connectivity index (χ3n) is 6.75. The number of halogens is 3. The maximum Gasteiger partial charge on any atom is 0.416 e. The highest BCUT2D eigenvalue weighted by Crippen LogP contribution is 2.34. The van der Waals surface area contributed by atoms with Gasteiger partial charge < -0.3 is 15.3 Å². The van der Waals surface area contributed by atoms with Gasteiger partial charge in [0, 0.05) is 68.0 Å². The van der Waals surface area contributed by atoms with Crippen LogP contribution >= 0.6 is 0 Å². The molecule has 9 nitrogen and oxygen atoms in total. The Morgan fingerprint density at radius 1 is 1.10 bits per heavy atom. The van der Waals surface area contributed by atoms with Crippen LogP contribution in [0.5, 0.6) is 0 Å². The Balaban J connectivity index is 0.00000129. The van der Waals surface area contributed by atoms with Crippen molar-refractivity contribution in [3.05, 3.63) is 94.4 Å². The van der Waals surface area contributed by atoms with Gasteiger partial charge >= 0.3 is 6.18 Å². The highest BCUT2D eigenvalue weighted by molar-refractivity contribution is 6.04. The van der Waals surface area contributed by atoms with Gasteiger partial charge in [0.2, 0.25) is 0 Å². The molecule has 5 rings (SSSR count). The summed E-state index contributed by atoms with van der Waals surface area (Å²) in [5.74, 6) is 5.57. The van der Waals surface area contributed by atoms with Crippen molar-refractivity contribution in [3.8, 4) is 11.8 Å². The molecule has 0 bridgehead atoms. The monoisotopic (exact) mass is 578 g/mol. The average Bonchev–Trinajstić information content (AvgIpc) is 3.42. The topological polar surface area (TPSA) is 103 Å². The fraction of sp³-hybridized carbons (Fsp3) is 0.267. The number of benzene rings is 2. The van der Waals surface area contributed by atoms with Gasteiger partial charge in [-0.3, -0.25) is 14.5 Å². The largest absolute Gasteiger partial charge is 0.483 e. The second-order valence-electron chi connectivity index (χ2n) is 9.76. The molecule has 1 aliphatic heterocycles. The number of fused-ring (bicyclic) bond motifs is 1. The van der Waals surface area contributed by atoms with Crippen LogP contribution in [0.2, 0.25) is 0 Å². The lowest BCUT2D eigenvalue weighted by atomic mass is 10.0. The Hall–Kier alpha value is -4.73. The number of nitrogens with one attached hydrogen (secondary N) is 1. The zero-order valence-corrected chi connectivity index (χ0v) is 23.0. The third-order valence-corrected chi connectivity index (χ3v) is 6.75. The number of amides is 1. The minimum Gasteiger partial charge on any atom is -0.483 e. The summed E-state index contributed by atoms with van der Waals surface area (Å²) < 4.78 is 43.4. The number of hydrogen-bond acceptors (Lipinski definition) is 6. The van der Waals surface area contributed by atoms with Crippen molar-refractivity contribution in [2.45, 2.75) is 19.6 Å². The SMILES string of the molecule is Cc1ccc(C(=O)Nc2ccc(CN3CCN(C)CC3)c(C(F)(F)F)c2)cc1C#Cc1cnc2ccnn2c1.O=CO. The normalized spacial score (nSPS) is 13.9. The van der Waals surface area contributed by atoms with Gasteiger partial charge in [0.25, 0.3) is 12.4 Å². The number of aryl methyl sites for hydroxylation is 1. The molecule has 218 valence electrons. The molecule has 2 aromatic carbocycles. The van der Waals surface area contributed by atoms with E-state index in [1.165, 1.54) is 12.1 Å². The van der Waals surface area contributed by atoms with E-state index in [0.717, 1.165) is 24.7 Å². The van der Waals surface area contributed by atoms with Crippen molar-refractivity contribution >= 4 is 23.7 Å². The van der Waals surface area contributed by atoms with Crippen LogP contribution in [0, 0.1) is 18.8 Å². The fourth-order valence-electron chi connectivity index (χ4n) is 4.42. The summed E-state index contributed by atoms with van der Waals surface area (Å²) in [6.45, 7) is 4.87. The molecular formula is C30H29F3N6O3. The zero-order valence-electron chi connectivity index (χ0n) is 23.0. The minimum absolute atomic E-state index is 0.0845. The molecule has 0 atom stereocenters. The van der Waals surface area contributed by atoms with Crippen LogP contribution in [0.15, 0.2) is 61.1 Å². The van der Waals surface area contributed by atoms with E-state index in [2.05, 4.69) is 32.1 Å². The van der Waals surface area contributed by atoms with Crippen LogP contribution in [-0.4, -0.2) is 75.1 Å². The number of carbonyl (C=O) groups is 2. The van der Waals surface area contributed by atoms with Crippen molar-refractivity contribution in [2.24, 2.45) is 0 Å². The van der Waals surface area contributed by atoms with Crippen LogP contribution in [0.1, 0.15) is 38.2 Å². The summed E-state index contributed by atoms with van der Waals surface area (Å²) in [4.78, 5) is 29.8. The van der Waals surface area contributed by atoms with Gasteiger partial charge in [-0.1, -0.05) is 24.0 Å². The molecule has 1 aliphatic rings. The lowest BCUT2D eigenvalue weighted by Crippen LogP contribution is -2.44. The molecule has 1 fully saturated rings. The van der Waals surface area contributed by atoms with E-state index in [-0.39, 0.29) is 24.3 Å². The summed E-state index contributed by atoms with van der Waals surface area (Å²) in [6.07, 6.45) is 0.502. The summed E-state index contributed by atoms with van der Waals surface area (Å²) in [5.41, 5.74) is 2.68. The molecule has 2 N–H and O–H groups in total. The van der Waals surface area contributed by atoms with Crippen molar-refractivity contribution in [1.29, 1.82) is 0 Å². The van der Waals surface area contributed by atoms with Gasteiger partial charge in [0.1, 0.15) is 0 Å². The van der Waals surface area contributed by atoms with E-state index in [1.807, 2.05) is 18.9 Å². The molecule has 0 unspecified atom stereocenters. The smallest absolute Gasteiger partial charge is 0.416 e. The van der Waals surface area contributed by atoms with E-state index >= 15 is 0 Å². The number of carbonyl (C=O) groups excluding carboxylic acids is 1. The molecule has 0 radical (unpaired) electrons. The van der Waals surface area contributed by atoms with E-state index in [1.54, 1.807) is 47.4 Å². The van der Waals surface area contributed by atoms with Crippen molar-refractivity contribution in [1.82, 2.24) is 24.4 Å². The molecule has 3 heterocycles. The van der Waals surface area contributed by atoms with Gasteiger partial charge in [-0.2, -0.15) is 18.3 Å². The average molecular weight is 579 g/mol. The second-order valence-corrected chi connectivity index (χ2v) is 9.76. The maximum atomic E-state index is 13.9. The first-order valence-corrected chi connectivity index (χ1v) is 13.0. The number of anilines is 1. The first-order chi connectivity index (χ1) is 20.1. The standard InChI is InChI=1S/C29H27F3N6O.CH2O2/c1-20-3-5-23(15-22(20)6-4-21-17-33-27-9-10-34-38(27)18-21)28(39)35-25-8-7-24(26(16-25)29(30,31)32)19-37-13-11-36(2)12-14-37;2-1-3/h3,5,7-10,15-18H,11-14,19H2,1-2H3,(H,35,39);1H,(H,2,3). The molecule has 12 heteroatoms. The number of nitrogens with zero attached hydrogens (tertiary/aromatic N) is 5. The van der Waals surface area contributed by atoms with Gasteiger partial charge in [0.05, 0.1) is 17.3 Å². The van der Waals surface area contributed by atoms with Crippen LogP contribution in [0.25, 0.3) is 5.65 Å². The molecular weight excluding hydrogens is 549 g/mol. The molecule has 2 aromatic heterocycles. The van der Waals surface area contributed by atoms with Gasteiger partial charge in [-0.25, -0.2) is 9.50 Å². The second kappa shape index (κ2) is 13.3. The van der Waals surface area contributed by atoms with Gasteiger partial charge in [-0.05, 0) is 49.4 Å². The number of piperazine rings is 1. The van der Waals surface area contributed by atoms with E-state index < -0.39 is 17.6 Å². The summed E-state index contributed by atoms with van der Waals surface area (Å²) in [7, 11) is 2.00. The fourth-order valence-corrected chi connectivity index (χ4v) is 4.42. The highest BCUT2D eigenvalue weighted by Gasteiger charge is 2.34. The number of rotatable bonds is 4. The lowest BCUT2D eigenvalue weighted by molar-refractivity contribution is -0.138. The quantitative estimate of drug-likeness (QED) is 0.277. The van der Waals surface area contributed by atoms with E-state index in [9.17, 15) is 18.0 Å². The van der Waals surface area contributed by atoms with Crippen LogP contribution in [0.3, 0.4) is 0 Å². The van der Waals surface area contributed by atoms with Gasteiger partial charge in [0.15, 0.2) is 5.65 Å². The molecule has 1 amide bonds. The summed E-state index contributed by atoms with van der Waals surface area (Å²) >= 11 is 0. The molecule has 0 aliphatic carbocycles. The Bertz CT molecular complexity index is 1630. The first kappa shape index (κ1) is 30.2. The zero-order chi connectivity index (χ0) is 30.3. The van der Waals surface area contributed by atoms with Crippen LogP contribution in [-0.2, 0) is 17.5 Å². The minimum atomic E-state index is -4.54. The molecule has 0 spiro atoms. The Kier molecular flexibility index (Phi) is 9.57. The van der Waals surface area contributed by atoms with Gasteiger partial charge in [-0.15, -0.1) is 0 Å². The maximum absolute atomic E-state index is 13.9. The predicted molar refractivity (Wildman–Crippen MR) is 151 cm³/mol. The third kappa shape index (κ3) is 7.72. The van der Waals surface area contributed by atoms with E-state index in [0.29, 0.717) is 35.4 Å². The van der Waals surface area contributed by atoms with Crippen LogP contribution in [0.4, 0.5) is 18.9 Å². The molecule has 42 heavy (non-hydrogen) atoms. The number of alkyl halides is 3. The molecule has 1 saturated heterocycles. The number of hydrogen-bond donors (Lipinski definition) is 2. The first-order valence-electron chi connectivity index (χ1n) is 13.0. The van der Waals surface area contributed by atoms with Crippen molar-refractivity contribution in [3.63, 3.8) is 0 Å². The summed E-state index contributed by atoms with van der Waals surface area (Å²) in [5, 5.41) is 13.7. The predicted octanol–water partition coefficient (Wildman–Crippen LogP) is 4.16. The summed E-state index contributed by atoms with van der Waals surface area (Å²) in [6, 6.07) is 10.8. The highest BCUT2D eigenvalue weighted by atomic mass is 19.4. The number of carboxylic acid groups (broad SMARTS) is 1. The Labute approximate surface area is 240 Å². The molecule has 4 aromatic rings. The van der Waals surface area contributed by atoms with Crippen LogP contribution < -0.4 is 5.32 Å². The Morgan fingerprint density at radius 3 is 2.55 bits per heavy atom. The number of aromatic nitrogens is 3. The molecule has 0 saturated carbocycles. The van der Waals surface area contributed by atoms with E-state index in [4.69, 9.17) is 9.90 Å². The lowest BCUT2D eigenvalue weighted by Gasteiger charge is -2.33. The van der Waals surface area contributed by atoms with Crippen molar-refractivity contribution in [2.75, 3.05) is 38.5 Å².